The summed E-state index contributed by atoms with van der Waals surface area (Å²) in [7, 11) is 0. The molecule has 0 atom stereocenters. The molecule has 1 heterocycles. The number of hydrogen-bond acceptors (Lipinski definition) is 4. The first-order valence-corrected chi connectivity index (χ1v) is 7.89. The molecule has 2 rings (SSSR count). The van der Waals surface area contributed by atoms with Crippen LogP contribution in [0.2, 0.25) is 0 Å². The lowest BCUT2D eigenvalue weighted by atomic mass is 10.2. The maximum absolute atomic E-state index is 12.1. The fraction of sp³-hybridized carbons (Fsp3) is 0.278. The first kappa shape index (κ1) is 18.3. The normalized spacial score (nSPS) is 10.2. The maximum atomic E-state index is 12.1. The SMILES string of the molecule is CC(=O)Nc1ccc(NC(=O)CCN(Cc2ccco2)C(C)=O)cc1. The molecule has 132 valence electrons. The summed E-state index contributed by atoms with van der Waals surface area (Å²) in [6.07, 6.45) is 1.72. The van der Waals surface area contributed by atoms with Gasteiger partial charge in [0, 0.05) is 38.2 Å². The van der Waals surface area contributed by atoms with Gasteiger partial charge in [0.2, 0.25) is 17.7 Å². The number of carbonyl (C=O) groups excluding carboxylic acids is 3. The molecule has 0 spiro atoms. The summed E-state index contributed by atoms with van der Waals surface area (Å²) >= 11 is 0. The van der Waals surface area contributed by atoms with E-state index in [0.29, 0.717) is 30.2 Å². The molecule has 1 aromatic heterocycles. The van der Waals surface area contributed by atoms with Crippen LogP contribution < -0.4 is 10.6 Å². The number of nitrogens with one attached hydrogen (secondary N) is 2. The first-order chi connectivity index (χ1) is 11.9. The van der Waals surface area contributed by atoms with Crippen molar-refractivity contribution in [3.05, 3.63) is 48.4 Å². The fourth-order valence-electron chi connectivity index (χ4n) is 2.24. The summed E-state index contributed by atoms with van der Waals surface area (Å²) in [5, 5.41) is 5.42. The largest absolute Gasteiger partial charge is 0.467 e. The van der Waals surface area contributed by atoms with Crippen molar-refractivity contribution in [3.8, 4) is 0 Å². The molecule has 0 radical (unpaired) electrons. The van der Waals surface area contributed by atoms with E-state index in [0.717, 1.165) is 0 Å². The number of carbonyl (C=O) groups is 3. The van der Waals surface area contributed by atoms with E-state index in [-0.39, 0.29) is 24.1 Å². The molecule has 2 aromatic rings. The minimum Gasteiger partial charge on any atom is -0.467 e. The summed E-state index contributed by atoms with van der Waals surface area (Å²) in [6, 6.07) is 10.4. The summed E-state index contributed by atoms with van der Waals surface area (Å²) < 4.78 is 5.23. The van der Waals surface area contributed by atoms with E-state index in [1.165, 1.54) is 13.8 Å². The molecule has 0 bridgehead atoms. The van der Waals surface area contributed by atoms with Crippen LogP contribution in [0.5, 0.6) is 0 Å². The zero-order valence-electron chi connectivity index (χ0n) is 14.2. The smallest absolute Gasteiger partial charge is 0.226 e. The second-order valence-electron chi connectivity index (χ2n) is 5.58. The van der Waals surface area contributed by atoms with Gasteiger partial charge in [-0.3, -0.25) is 14.4 Å². The quantitative estimate of drug-likeness (QED) is 0.808. The minimum absolute atomic E-state index is 0.121. The van der Waals surface area contributed by atoms with Gasteiger partial charge in [-0.1, -0.05) is 0 Å². The summed E-state index contributed by atoms with van der Waals surface area (Å²) in [5.41, 5.74) is 1.28. The van der Waals surface area contributed by atoms with Crippen LogP contribution in [-0.2, 0) is 20.9 Å². The second kappa shape index (κ2) is 8.68. The molecule has 25 heavy (non-hydrogen) atoms. The van der Waals surface area contributed by atoms with Crippen LogP contribution in [-0.4, -0.2) is 29.2 Å². The summed E-state index contributed by atoms with van der Waals surface area (Å²) in [6.45, 7) is 3.52. The van der Waals surface area contributed by atoms with E-state index in [2.05, 4.69) is 10.6 Å². The number of anilines is 2. The summed E-state index contributed by atoms with van der Waals surface area (Å²) in [4.78, 5) is 36.3. The number of furan rings is 1. The van der Waals surface area contributed by atoms with Crippen LogP contribution in [0.4, 0.5) is 11.4 Å². The second-order valence-corrected chi connectivity index (χ2v) is 5.58. The Bertz CT molecular complexity index is 723. The first-order valence-electron chi connectivity index (χ1n) is 7.89. The van der Waals surface area contributed by atoms with E-state index >= 15 is 0 Å². The molecule has 0 fully saturated rings. The standard InChI is InChI=1S/C18H21N3O4/c1-13(22)19-15-5-7-16(8-6-15)20-18(24)9-10-21(14(2)23)12-17-4-3-11-25-17/h3-8,11H,9-10,12H2,1-2H3,(H,19,22)(H,20,24). The highest BCUT2D eigenvalue weighted by atomic mass is 16.3. The predicted octanol–water partition coefficient (Wildman–Crippen LogP) is 2.62. The van der Waals surface area contributed by atoms with Gasteiger partial charge in [-0.2, -0.15) is 0 Å². The molecule has 0 aliphatic carbocycles. The van der Waals surface area contributed by atoms with Crippen molar-refractivity contribution in [2.45, 2.75) is 26.8 Å². The molecule has 2 N–H and O–H groups in total. The van der Waals surface area contributed by atoms with Crippen LogP contribution in [0.3, 0.4) is 0 Å². The molecular formula is C18H21N3O4. The number of nitrogens with zero attached hydrogens (tertiary/aromatic N) is 1. The highest BCUT2D eigenvalue weighted by Gasteiger charge is 2.13. The molecule has 3 amide bonds. The number of hydrogen-bond donors (Lipinski definition) is 2. The molecular weight excluding hydrogens is 322 g/mol. The average Bonchev–Trinajstić information content (AvgIpc) is 3.05. The van der Waals surface area contributed by atoms with E-state index in [1.807, 2.05) is 0 Å². The molecule has 7 nitrogen and oxygen atoms in total. The lowest BCUT2D eigenvalue weighted by Crippen LogP contribution is -2.31. The van der Waals surface area contributed by atoms with Crippen LogP contribution in [0.15, 0.2) is 47.1 Å². The maximum Gasteiger partial charge on any atom is 0.226 e. The molecule has 0 aliphatic rings. The zero-order valence-corrected chi connectivity index (χ0v) is 14.2. The Kier molecular flexibility index (Phi) is 6.33. The average molecular weight is 343 g/mol. The Morgan fingerprint density at radius 3 is 2.16 bits per heavy atom. The third kappa shape index (κ3) is 6.14. The summed E-state index contributed by atoms with van der Waals surface area (Å²) in [5.74, 6) is 0.198. The van der Waals surface area contributed by atoms with Crippen molar-refractivity contribution >= 4 is 29.1 Å². The Labute approximate surface area is 146 Å². The van der Waals surface area contributed by atoms with Gasteiger partial charge >= 0.3 is 0 Å². The van der Waals surface area contributed by atoms with Crippen molar-refractivity contribution in [1.29, 1.82) is 0 Å². The van der Waals surface area contributed by atoms with Crippen LogP contribution in [0.25, 0.3) is 0 Å². The fourth-order valence-corrected chi connectivity index (χ4v) is 2.24. The monoisotopic (exact) mass is 343 g/mol. The van der Waals surface area contributed by atoms with Gasteiger partial charge in [-0.25, -0.2) is 0 Å². The molecule has 1 aromatic carbocycles. The van der Waals surface area contributed by atoms with E-state index in [1.54, 1.807) is 47.6 Å². The number of benzene rings is 1. The van der Waals surface area contributed by atoms with Crippen molar-refractivity contribution in [1.82, 2.24) is 4.90 Å². The molecule has 0 saturated carbocycles. The Morgan fingerprint density at radius 1 is 1.00 bits per heavy atom. The topological polar surface area (TPSA) is 91.7 Å². The van der Waals surface area contributed by atoms with Crippen molar-refractivity contribution in [3.63, 3.8) is 0 Å². The van der Waals surface area contributed by atoms with E-state index in [4.69, 9.17) is 4.42 Å². The van der Waals surface area contributed by atoms with Gasteiger partial charge < -0.3 is 20.0 Å². The molecule has 7 heteroatoms. The van der Waals surface area contributed by atoms with Gasteiger partial charge in [0.25, 0.3) is 0 Å². The van der Waals surface area contributed by atoms with E-state index in [9.17, 15) is 14.4 Å². The van der Waals surface area contributed by atoms with Gasteiger partial charge in [0.1, 0.15) is 5.76 Å². The number of amides is 3. The molecule has 0 saturated heterocycles. The van der Waals surface area contributed by atoms with Crippen molar-refractivity contribution in [2.75, 3.05) is 17.2 Å². The van der Waals surface area contributed by atoms with Crippen LogP contribution in [0.1, 0.15) is 26.0 Å². The zero-order chi connectivity index (χ0) is 18.2. The Hall–Kier alpha value is -3.09. The third-order valence-corrected chi connectivity index (χ3v) is 3.47. The lowest BCUT2D eigenvalue weighted by Gasteiger charge is -2.19. The number of rotatable bonds is 7. The van der Waals surface area contributed by atoms with Gasteiger partial charge in [-0.15, -0.1) is 0 Å². The highest BCUT2D eigenvalue weighted by Crippen LogP contribution is 2.14. The molecule has 0 aliphatic heterocycles. The van der Waals surface area contributed by atoms with Gasteiger partial charge in [0.05, 0.1) is 12.8 Å². The highest BCUT2D eigenvalue weighted by molar-refractivity contribution is 5.92. The Balaban J connectivity index is 1.84. The van der Waals surface area contributed by atoms with E-state index < -0.39 is 0 Å². The van der Waals surface area contributed by atoms with Crippen LogP contribution in [0, 0.1) is 0 Å². The van der Waals surface area contributed by atoms with Gasteiger partial charge in [0.15, 0.2) is 0 Å². The lowest BCUT2D eigenvalue weighted by molar-refractivity contribution is -0.130. The molecule has 0 unspecified atom stereocenters. The van der Waals surface area contributed by atoms with Crippen LogP contribution >= 0.6 is 0 Å². The van der Waals surface area contributed by atoms with Gasteiger partial charge in [-0.05, 0) is 36.4 Å². The predicted molar refractivity (Wildman–Crippen MR) is 93.8 cm³/mol. The van der Waals surface area contributed by atoms with Crippen molar-refractivity contribution in [2.24, 2.45) is 0 Å². The van der Waals surface area contributed by atoms with Crippen molar-refractivity contribution < 1.29 is 18.8 Å². The Morgan fingerprint density at radius 2 is 1.64 bits per heavy atom. The minimum atomic E-state index is -0.196. The third-order valence-electron chi connectivity index (χ3n) is 3.47.